The van der Waals surface area contributed by atoms with Gasteiger partial charge in [-0.1, -0.05) is 0 Å². The van der Waals surface area contributed by atoms with Crippen molar-refractivity contribution in [3.63, 3.8) is 0 Å². The van der Waals surface area contributed by atoms with Gasteiger partial charge in [0.25, 0.3) is 0 Å². The van der Waals surface area contributed by atoms with Crippen molar-refractivity contribution in [2.45, 2.75) is 12.3 Å². The number of aromatic hydroxyl groups is 1. The average molecular weight is 177 g/mol. The topological polar surface area (TPSA) is 60.2 Å². The van der Waals surface area contributed by atoms with E-state index in [2.05, 4.69) is 4.99 Å². The van der Waals surface area contributed by atoms with Crippen LogP contribution >= 0.6 is 0 Å². The summed E-state index contributed by atoms with van der Waals surface area (Å²) >= 11 is 0. The molecule has 1 atom stereocenters. The highest BCUT2D eigenvalue weighted by molar-refractivity contribution is 5.71. The molecular formula is C10H13N2O+. The Balaban J connectivity index is 2.34. The lowest BCUT2D eigenvalue weighted by atomic mass is 9.98. The summed E-state index contributed by atoms with van der Waals surface area (Å²) < 4.78 is 0. The van der Waals surface area contributed by atoms with Gasteiger partial charge in [0.2, 0.25) is 5.69 Å². The second-order valence-corrected chi connectivity index (χ2v) is 3.27. The molecule has 13 heavy (non-hydrogen) atoms. The number of hydrogen-bond donors (Lipinski definition) is 3. The van der Waals surface area contributed by atoms with E-state index >= 15 is 0 Å². The van der Waals surface area contributed by atoms with E-state index in [0.717, 1.165) is 17.7 Å². The van der Waals surface area contributed by atoms with Crippen molar-refractivity contribution in [3.8, 4) is 5.75 Å². The molecule has 3 nitrogen and oxygen atoms in total. The van der Waals surface area contributed by atoms with E-state index in [4.69, 9.17) is 5.73 Å². The number of benzene rings is 1. The molecule has 2 rings (SSSR count). The Morgan fingerprint density at radius 3 is 3.08 bits per heavy atom. The molecule has 0 saturated carbocycles. The molecule has 0 radical (unpaired) electrons. The number of hydrogen-bond acceptors (Lipinski definition) is 2. The number of nitrogens with one attached hydrogen (secondary N) is 1. The Morgan fingerprint density at radius 1 is 1.46 bits per heavy atom. The smallest absolute Gasteiger partial charge is 0.207 e. The molecule has 0 aliphatic carbocycles. The average Bonchev–Trinajstić information content (AvgIpc) is 2.49. The third kappa shape index (κ3) is 1.42. The second-order valence-electron chi connectivity index (χ2n) is 3.27. The van der Waals surface area contributed by atoms with Crippen LogP contribution in [-0.4, -0.2) is 17.9 Å². The molecule has 0 spiro atoms. The van der Waals surface area contributed by atoms with Gasteiger partial charge in [0.1, 0.15) is 5.75 Å². The summed E-state index contributed by atoms with van der Waals surface area (Å²) in [7, 11) is 0. The first-order chi connectivity index (χ1) is 6.31. The molecule has 1 aliphatic heterocycles. The van der Waals surface area contributed by atoms with Gasteiger partial charge < -0.3 is 10.8 Å². The Labute approximate surface area is 76.9 Å². The van der Waals surface area contributed by atoms with Gasteiger partial charge in [-0.15, -0.1) is 0 Å². The van der Waals surface area contributed by atoms with Crippen LogP contribution in [0.1, 0.15) is 17.9 Å². The summed E-state index contributed by atoms with van der Waals surface area (Å²) in [6.07, 6.45) is 2.94. The van der Waals surface area contributed by atoms with Crippen molar-refractivity contribution >= 4 is 11.9 Å². The van der Waals surface area contributed by atoms with Crippen molar-refractivity contribution in [2.24, 2.45) is 5.73 Å². The van der Waals surface area contributed by atoms with Crippen LogP contribution in [0.4, 0.5) is 5.69 Å². The zero-order chi connectivity index (χ0) is 9.26. The lowest BCUT2D eigenvalue weighted by Crippen LogP contribution is -2.59. The summed E-state index contributed by atoms with van der Waals surface area (Å²) in [6.45, 7) is 0.665. The first-order valence-corrected chi connectivity index (χ1v) is 4.44. The fourth-order valence-corrected chi connectivity index (χ4v) is 1.69. The van der Waals surface area contributed by atoms with Crippen LogP contribution < -0.4 is 10.7 Å². The molecule has 0 saturated heterocycles. The molecule has 0 bridgehead atoms. The van der Waals surface area contributed by atoms with Crippen LogP contribution in [-0.2, 0) is 0 Å². The van der Waals surface area contributed by atoms with Crippen molar-refractivity contribution in [1.29, 1.82) is 0 Å². The van der Waals surface area contributed by atoms with Crippen LogP contribution in [0.5, 0.6) is 5.75 Å². The number of nitrogens with two attached hydrogens (primary N) is 1. The van der Waals surface area contributed by atoms with Gasteiger partial charge in [0, 0.05) is 11.6 Å². The zero-order valence-corrected chi connectivity index (χ0v) is 7.33. The number of phenolic OH excluding ortho intramolecular Hbond substituents is 1. The largest absolute Gasteiger partial charge is 0.508 e. The Hall–Kier alpha value is -1.35. The lowest BCUT2D eigenvalue weighted by Gasteiger charge is -2.03. The molecule has 68 valence electrons. The van der Waals surface area contributed by atoms with Crippen LogP contribution in [0.15, 0.2) is 18.2 Å². The number of rotatable bonds is 2. The van der Waals surface area contributed by atoms with Crippen LogP contribution in [0, 0.1) is 0 Å². The van der Waals surface area contributed by atoms with Crippen LogP contribution in [0.2, 0.25) is 0 Å². The van der Waals surface area contributed by atoms with Crippen molar-refractivity contribution in [1.82, 2.24) is 0 Å². The fourth-order valence-electron chi connectivity index (χ4n) is 1.69. The minimum Gasteiger partial charge on any atom is -0.508 e. The molecular weight excluding hydrogens is 164 g/mol. The summed E-state index contributed by atoms with van der Waals surface area (Å²) in [4.78, 5) is 3.17. The second kappa shape index (κ2) is 3.18. The van der Waals surface area contributed by atoms with Gasteiger partial charge in [-0.05, 0) is 25.1 Å². The standard InChI is InChI=1S/C10H12N2O/c11-4-3-7-6-12-10-2-1-8(13)5-9(7)10/h1-2,5-7,13H,3-4,11H2/p+1. The summed E-state index contributed by atoms with van der Waals surface area (Å²) in [5.41, 5.74) is 7.72. The first kappa shape index (κ1) is 8.26. The molecule has 0 amide bonds. The number of fused-ring (bicyclic) bond motifs is 1. The Kier molecular flexibility index (Phi) is 2.02. The van der Waals surface area contributed by atoms with Gasteiger partial charge in [-0.3, -0.25) is 0 Å². The molecule has 1 aliphatic rings. The Morgan fingerprint density at radius 2 is 2.31 bits per heavy atom. The van der Waals surface area contributed by atoms with E-state index < -0.39 is 0 Å². The molecule has 0 fully saturated rings. The molecule has 1 heterocycles. The van der Waals surface area contributed by atoms with Gasteiger partial charge >= 0.3 is 0 Å². The highest BCUT2D eigenvalue weighted by Gasteiger charge is 2.23. The molecule has 4 N–H and O–H groups in total. The van der Waals surface area contributed by atoms with Gasteiger partial charge in [-0.2, -0.15) is 0 Å². The first-order valence-electron chi connectivity index (χ1n) is 4.44. The molecule has 3 heteroatoms. The predicted octanol–water partition coefficient (Wildman–Crippen LogP) is -0.379. The highest BCUT2D eigenvalue weighted by Crippen LogP contribution is 2.28. The van der Waals surface area contributed by atoms with E-state index in [1.165, 1.54) is 0 Å². The molecule has 1 aromatic rings. The van der Waals surface area contributed by atoms with E-state index in [1.54, 1.807) is 12.1 Å². The maximum Gasteiger partial charge on any atom is 0.207 e. The maximum atomic E-state index is 9.31. The minimum atomic E-state index is 0.317. The highest BCUT2D eigenvalue weighted by atomic mass is 16.3. The third-order valence-corrected chi connectivity index (χ3v) is 2.35. The molecule has 0 aromatic heterocycles. The fraction of sp³-hybridized carbons (Fsp3) is 0.300. The van der Waals surface area contributed by atoms with Gasteiger partial charge in [-0.25, -0.2) is 4.99 Å². The normalized spacial score (nSPS) is 19.0. The van der Waals surface area contributed by atoms with Crippen molar-refractivity contribution in [3.05, 3.63) is 23.8 Å². The van der Waals surface area contributed by atoms with Gasteiger partial charge in [0.15, 0.2) is 6.21 Å². The maximum absolute atomic E-state index is 9.31. The van der Waals surface area contributed by atoms with Crippen LogP contribution in [0.3, 0.4) is 0 Å². The third-order valence-electron chi connectivity index (χ3n) is 2.35. The predicted molar refractivity (Wildman–Crippen MR) is 51.2 cm³/mol. The molecule has 1 aromatic carbocycles. The van der Waals surface area contributed by atoms with E-state index in [1.807, 2.05) is 12.3 Å². The minimum absolute atomic E-state index is 0.317. The van der Waals surface area contributed by atoms with E-state index in [9.17, 15) is 5.11 Å². The van der Waals surface area contributed by atoms with E-state index in [-0.39, 0.29) is 0 Å². The van der Waals surface area contributed by atoms with Gasteiger partial charge in [0.05, 0.1) is 5.92 Å². The summed E-state index contributed by atoms with van der Waals surface area (Å²) in [6, 6.07) is 5.37. The molecule has 1 unspecified atom stereocenters. The monoisotopic (exact) mass is 177 g/mol. The summed E-state index contributed by atoms with van der Waals surface area (Å²) in [5, 5.41) is 9.31. The van der Waals surface area contributed by atoms with Crippen molar-refractivity contribution in [2.75, 3.05) is 6.54 Å². The zero-order valence-electron chi connectivity index (χ0n) is 7.33. The number of phenols is 1. The van der Waals surface area contributed by atoms with E-state index in [0.29, 0.717) is 18.2 Å². The summed E-state index contributed by atoms with van der Waals surface area (Å²) in [5.74, 6) is 0.657. The lowest BCUT2D eigenvalue weighted by molar-refractivity contribution is -0.344. The quantitative estimate of drug-likeness (QED) is 0.539. The van der Waals surface area contributed by atoms with Crippen LogP contribution in [0.25, 0.3) is 0 Å². The SMILES string of the molecule is NCCC1C=[NH+]c2ccc(O)cc21. The van der Waals surface area contributed by atoms with Crippen molar-refractivity contribution < 1.29 is 10.1 Å². The Bertz CT molecular complexity index is 347.